The van der Waals surface area contributed by atoms with Gasteiger partial charge in [-0.1, -0.05) is 56.3 Å². The van der Waals surface area contributed by atoms with Crippen LogP contribution in [-0.2, 0) is 0 Å². The van der Waals surface area contributed by atoms with Crippen LogP contribution in [0.15, 0.2) is 64.5 Å². The molecule has 0 bridgehead atoms. The van der Waals surface area contributed by atoms with Gasteiger partial charge < -0.3 is 9.26 Å². The van der Waals surface area contributed by atoms with E-state index in [0.717, 1.165) is 33.1 Å². The lowest BCUT2D eigenvalue weighted by Crippen LogP contribution is -2.26. The Labute approximate surface area is 230 Å². The summed E-state index contributed by atoms with van der Waals surface area (Å²) in [6.07, 6.45) is 7.31. The van der Waals surface area contributed by atoms with Gasteiger partial charge in [-0.2, -0.15) is 0 Å². The first-order valence-corrected chi connectivity index (χ1v) is 14.6. The summed E-state index contributed by atoms with van der Waals surface area (Å²) in [7, 11) is 0. The van der Waals surface area contributed by atoms with E-state index >= 15 is 0 Å². The fraction of sp³-hybridized carbons (Fsp3) is 0.310. The van der Waals surface area contributed by atoms with Crippen molar-refractivity contribution < 1.29 is 14.1 Å². The Balaban J connectivity index is 1.35. The zero-order valence-corrected chi connectivity index (χ0v) is 23.2. The minimum atomic E-state index is -0.312. The van der Waals surface area contributed by atoms with Crippen molar-refractivity contribution in [3.8, 4) is 16.5 Å². The highest BCUT2D eigenvalue weighted by atomic mass is 32.1. The first-order chi connectivity index (χ1) is 18.6. The van der Waals surface area contributed by atoms with Gasteiger partial charge in [-0.3, -0.25) is 9.69 Å². The van der Waals surface area contributed by atoms with E-state index in [2.05, 4.69) is 12.1 Å². The quantitative estimate of drug-likeness (QED) is 0.146. The van der Waals surface area contributed by atoms with E-state index in [1.165, 1.54) is 43.4 Å². The summed E-state index contributed by atoms with van der Waals surface area (Å²) < 4.78 is 12.2. The Bertz CT molecular complexity index is 1460. The number of carbonyl (C=O) groups is 1. The highest BCUT2D eigenvalue weighted by Crippen LogP contribution is 2.36. The van der Waals surface area contributed by atoms with Crippen molar-refractivity contribution in [2.75, 3.05) is 11.5 Å². The van der Waals surface area contributed by atoms with Crippen molar-refractivity contribution in [1.82, 2.24) is 15.1 Å². The number of rotatable bonds is 12. The molecule has 5 rings (SSSR count). The lowest BCUT2D eigenvalue weighted by molar-refractivity contribution is 0.0990. The molecule has 9 heteroatoms. The first-order valence-electron chi connectivity index (χ1n) is 12.9. The summed E-state index contributed by atoms with van der Waals surface area (Å²) in [4.78, 5) is 24.7. The SMILES string of the molecule is CCCCCCCCOc1ccc(N(C(=O)c2cc(C)on2)c2nc(-c3nc4ccccc4s3)cs2)cc1. The third-order valence-electron chi connectivity index (χ3n) is 6.11. The third kappa shape index (κ3) is 6.11. The third-order valence-corrected chi connectivity index (χ3v) is 7.99. The van der Waals surface area contributed by atoms with Crippen LogP contribution in [0.2, 0.25) is 0 Å². The number of benzene rings is 2. The van der Waals surface area contributed by atoms with Crippen molar-refractivity contribution in [2.24, 2.45) is 0 Å². The molecule has 0 saturated carbocycles. The molecule has 38 heavy (non-hydrogen) atoms. The number of ether oxygens (including phenoxy) is 1. The van der Waals surface area contributed by atoms with Gasteiger partial charge in [0.25, 0.3) is 5.91 Å². The summed E-state index contributed by atoms with van der Waals surface area (Å²) in [5.74, 6) is 1.04. The van der Waals surface area contributed by atoms with Crippen LogP contribution >= 0.6 is 22.7 Å². The molecule has 0 saturated heterocycles. The zero-order valence-electron chi connectivity index (χ0n) is 21.6. The predicted octanol–water partition coefficient (Wildman–Crippen LogP) is 8.43. The second-order valence-corrected chi connectivity index (χ2v) is 10.9. The number of thiazole rings is 2. The summed E-state index contributed by atoms with van der Waals surface area (Å²) in [5, 5.41) is 7.23. The van der Waals surface area contributed by atoms with Crippen LogP contribution in [0.1, 0.15) is 61.7 Å². The van der Waals surface area contributed by atoms with Crippen LogP contribution in [-0.4, -0.2) is 27.6 Å². The number of hydrogen-bond donors (Lipinski definition) is 0. The monoisotopic (exact) mass is 546 g/mol. The smallest absolute Gasteiger partial charge is 0.286 e. The Morgan fingerprint density at radius 3 is 2.55 bits per heavy atom. The van der Waals surface area contributed by atoms with Gasteiger partial charge in [-0.15, -0.1) is 22.7 Å². The number of unbranched alkanes of at least 4 members (excludes halogenated alkanes) is 5. The molecule has 0 aliphatic heterocycles. The highest BCUT2D eigenvalue weighted by Gasteiger charge is 2.26. The van der Waals surface area contributed by atoms with Crippen molar-refractivity contribution in [1.29, 1.82) is 0 Å². The maximum absolute atomic E-state index is 13.6. The fourth-order valence-corrected chi connectivity index (χ4v) is 5.93. The Kier molecular flexibility index (Phi) is 8.45. The van der Waals surface area contributed by atoms with Crippen LogP contribution in [0.3, 0.4) is 0 Å². The average Bonchev–Trinajstić information content (AvgIpc) is 3.69. The summed E-state index contributed by atoms with van der Waals surface area (Å²) >= 11 is 2.97. The van der Waals surface area contributed by atoms with Crippen LogP contribution in [0.25, 0.3) is 20.9 Å². The van der Waals surface area contributed by atoms with Gasteiger partial charge >= 0.3 is 0 Å². The molecule has 2 aromatic carbocycles. The molecule has 7 nitrogen and oxygen atoms in total. The van der Waals surface area contributed by atoms with Crippen LogP contribution in [0.5, 0.6) is 5.75 Å². The number of fused-ring (bicyclic) bond motifs is 1. The molecule has 0 N–H and O–H groups in total. The number of hydrogen-bond acceptors (Lipinski definition) is 8. The van der Waals surface area contributed by atoms with Gasteiger partial charge in [-0.25, -0.2) is 9.97 Å². The van der Waals surface area contributed by atoms with Gasteiger partial charge in [0, 0.05) is 11.4 Å². The van der Waals surface area contributed by atoms with Gasteiger partial charge in [0.05, 0.1) is 22.5 Å². The Hall–Kier alpha value is -3.56. The van der Waals surface area contributed by atoms with E-state index in [4.69, 9.17) is 19.2 Å². The molecule has 0 fully saturated rings. The van der Waals surface area contributed by atoms with E-state index in [1.807, 2.05) is 53.9 Å². The van der Waals surface area contributed by atoms with Gasteiger partial charge in [-0.05, 0) is 49.7 Å². The van der Waals surface area contributed by atoms with E-state index in [0.29, 0.717) is 23.2 Å². The number of nitrogens with zero attached hydrogens (tertiary/aromatic N) is 4. The van der Waals surface area contributed by atoms with Crippen molar-refractivity contribution in [3.05, 3.63) is 71.4 Å². The molecule has 0 aliphatic carbocycles. The number of para-hydroxylation sites is 1. The minimum Gasteiger partial charge on any atom is -0.494 e. The number of anilines is 2. The number of aryl methyl sites for hydroxylation is 1. The van der Waals surface area contributed by atoms with Crippen molar-refractivity contribution in [3.63, 3.8) is 0 Å². The molecule has 0 atom stereocenters. The molecular weight excluding hydrogens is 516 g/mol. The van der Waals surface area contributed by atoms with E-state index in [-0.39, 0.29) is 11.6 Å². The van der Waals surface area contributed by atoms with Crippen LogP contribution in [0, 0.1) is 6.92 Å². The molecule has 1 amide bonds. The van der Waals surface area contributed by atoms with E-state index in [9.17, 15) is 4.79 Å². The lowest BCUT2D eigenvalue weighted by Gasteiger charge is -2.19. The van der Waals surface area contributed by atoms with Crippen molar-refractivity contribution >= 4 is 49.6 Å². The summed E-state index contributed by atoms with van der Waals surface area (Å²) in [6.45, 7) is 4.67. The van der Waals surface area contributed by atoms with Crippen LogP contribution < -0.4 is 9.64 Å². The normalized spacial score (nSPS) is 11.2. The van der Waals surface area contributed by atoms with Gasteiger partial charge in [0.2, 0.25) is 0 Å². The molecule has 0 spiro atoms. The highest BCUT2D eigenvalue weighted by molar-refractivity contribution is 7.22. The number of amides is 1. The standard InChI is InChI=1S/C29H30N4O3S2/c1-3-4-5-6-7-10-17-35-22-15-13-21(14-16-22)33(28(34)24-18-20(2)36-32-24)29-31-25(19-37-29)27-30-23-11-8-9-12-26(23)38-27/h8-9,11-16,18-19H,3-7,10,17H2,1-2H3. The molecule has 3 heterocycles. The fourth-order valence-electron chi connectivity index (χ4n) is 4.11. The maximum Gasteiger partial charge on any atom is 0.286 e. The van der Waals surface area contributed by atoms with E-state index < -0.39 is 0 Å². The molecule has 5 aromatic rings. The topological polar surface area (TPSA) is 81.4 Å². The Morgan fingerprint density at radius 2 is 1.79 bits per heavy atom. The number of aromatic nitrogens is 3. The first kappa shape index (κ1) is 26.1. The minimum absolute atomic E-state index is 0.225. The molecule has 3 aromatic heterocycles. The number of carbonyl (C=O) groups excluding carboxylic acids is 1. The summed E-state index contributed by atoms with van der Waals surface area (Å²) in [6, 6.07) is 17.2. The predicted molar refractivity (Wildman–Crippen MR) is 154 cm³/mol. The lowest BCUT2D eigenvalue weighted by atomic mass is 10.1. The van der Waals surface area contributed by atoms with Crippen molar-refractivity contribution in [2.45, 2.75) is 52.4 Å². The molecule has 0 aliphatic rings. The molecule has 0 radical (unpaired) electrons. The molecular formula is C29H30N4O3S2. The second kappa shape index (κ2) is 12.3. The second-order valence-electron chi connectivity index (χ2n) is 9.08. The average molecular weight is 547 g/mol. The molecule has 0 unspecified atom stereocenters. The maximum atomic E-state index is 13.6. The van der Waals surface area contributed by atoms with Gasteiger partial charge in [0.15, 0.2) is 10.8 Å². The summed E-state index contributed by atoms with van der Waals surface area (Å²) in [5.41, 5.74) is 2.57. The van der Waals surface area contributed by atoms with Gasteiger partial charge in [0.1, 0.15) is 22.2 Å². The zero-order chi connectivity index (χ0) is 26.3. The van der Waals surface area contributed by atoms with E-state index in [1.54, 1.807) is 29.2 Å². The van der Waals surface area contributed by atoms with Crippen LogP contribution in [0.4, 0.5) is 10.8 Å². The Morgan fingerprint density at radius 1 is 1.00 bits per heavy atom. The molecule has 196 valence electrons. The largest absolute Gasteiger partial charge is 0.494 e.